The number of ketones is 1. The average molecular weight is 460 g/mol. The van der Waals surface area contributed by atoms with Crippen molar-refractivity contribution in [1.29, 1.82) is 0 Å². The van der Waals surface area contributed by atoms with E-state index in [1.54, 1.807) is 10.9 Å². The van der Waals surface area contributed by atoms with Gasteiger partial charge in [0.25, 0.3) is 5.56 Å². The zero-order chi connectivity index (χ0) is 22.4. The maximum atomic E-state index is 13.2. The second-order valence-electron chi connectivity index (χ2n) is 8.79. The molecule has 0 unspecified atom stereocenters. The van der Waals surface area contributed by atoms with E-state index in [0.717, 1.165) is 61.8 Å². The number of benzene rings is 1. The minimum atomic E-state index is -0.00853. The van der Waals surface area contributed by atoms with Crippen molar-refractivity contribution in [2.24, 2.45) is 0 Å². The Morgan fingerprint density at radius 2 is 1.79 bits per heavy atom. The molecule has 0 spiro atoms. The Hall–Kier alpha value is -3.10. The quantitative estimate of drug-likeness (QED) is 0.466. The molecule has 0 N–H and O–H groups in total. The van der Waals surface area contributed by atoms with Gasteiger partial charge in [-0.05, 0) is 29.9 Å². The molecule has 3 aromatic heterocycles. The molecule has 1 aliphatic heterocycles. The van der Waals surface area contributed by atoms with Gasteiger partial charge in [0, 0.05) is 57.3 Å². The van der Waals surface area contributed by atoms with E-state index in [1.807, 2.05) is 6.20 Å². The SMILES string of the molecule is O=C1CCCc2c1sc1ncn(CCN3CCN(c4nccc5ccccc45)CC3)c(=O)c21. The van der Waals surface area contributed by atoms with Gasteiger partial charge in [-0.3, -0.25) is 19.1 Å². The number of Topliss-reactive ketones (excluding diaryl/α,β-unsaturated/α-hetero) is 1. The summed E-state index contributed by atoms with van der Waals surface area (Å²) in [5.74, 6) is 1.21. The highest BCUT2D eigenvalue weighted by Gasteiger charge is 2.25. The van der Waals surface area contributed by atoms with Gasteiger partial charge in [-0.25, -0.2) is 9.97 Å². The molecule has 1 aromatic carbocycles. The molecule has 0 radical (unpaired) electrons. The highest BCUT2D eigenvalue weighted by atomic mass is 32.1. The van der Waals surface area contributed by atoms with Crippen LogP contribution >= 0.6 is 11.3 Å². The number of aryl methyl sites for hydroxylation is 1. The first kappa shape index (κ1) is 20.5. The number of nitrogens with zero attached hydrogens (tertiary/aromatic N) is 5. The number of hydrogen-bond acceptors (Lipinski definition) is 7. The third-order valence-corrected chi connectivity index (χ3v) is 8.02. The molecule has 0 bridgehead atoms. The number of thiophene rings is 1. The first-order chi connectivity index (χ1) is 16.2. The standard InChI is InChI=1S/C25H25N5O2S/c31-20-7-3-6-19-21-24(33-22(19)20)27-16-30(25(21)32)15-12-28-10-13-29(14-11-28)23-18-5-2-1-4-17(18)8-9-26-23/h1-2,4-5,8-9,16H,3,6-7,10-15H2. The summed E-state index contributed by atoms with van der Waals surface area (Å²) in [6, 6.07) is 10.4. The summed E-state index contributed by atoms with van der Waals surface area (Å²) < 4.78 is 1.72. The van der Waals surface area contributed by atoms with E-state index in [2.05, 4.69) is 50.1 Å². The van der Waals surface area contributed by atoms with Crippen molar-refractivity contribution in [1.82, 2.24) is 19.4 Å². The van der Waals surface area contributed by atoms with E-state index in [1.165, 1.54) is 22.1 Å². The van der Waals surface area contributed by atoms with E-state index in [9.17, 15) is 9.59 Å². The van der Waals surface area contributed by atoms with Crippen LogP contribution in [0.2, 0.25) is 0 Å². The first-order valence-electron chi connectivity index (χ1n) is 11.5. The van der Waals surface area contributed by atoms with Gasteiger partial charge in [-0.1, -0.05) is 24.3 Å². The summed E-state index contributed by atoms with van der Waals surface area (Å²) in [4.78, 5) is 40.8. The largest absolute Gasteiger partial charge is 0.354 e. The Labute approximate surface area is 195 Å². The smallest absolute Gasteiger partial charge is 0.262 e. The van der Waals surface area contributed by atoms with Gasteiger partial charge >= 0.3 is 0 Å². The van der Waals surface area contributed by atoms with Gasteiger partial charge in [0.2, 0.25) is 0 Å². The van der Waals surface area contributed by atoms with Gasteiger partial charge in [-0.15, -0.1) is 11.3 Å². The van der Waals surface area contributed by atoms with E-state index >= 15 is 0 Å². The zero-order valence-corrected chi connectivity index (χ0v) is 19.2. The normalized spacial score (nSPS) is 17.1. The highest BCUT2D eigenvalue weighted by Crippen LogP contribution is 2.33. The fourth-order valence-corrected chi connectivity index (χ4v) is 6.18. The molecule has 2 aliphatic rings. The second kappa shape index (κ2) is 8.35. The third kappa shape index (κ3) is 3.63. The number of hydrogen-bond donors (Lipinski definition) is 0. The summed E-state index contributed by atoms with van der Waals surface area (Å²) in [7, 11) is 0. The zero-order valence-electron chi connectivity index (χ0n) is 18.4. The lowest BCUT2D eigenvalue weighted by Crippen LogP contribution is -2.47. The fraction of sp³-hybridized carbons (Fsp3) is 0.360. The average Bonchev–Trinajstić information content (AvgIpc) is 3.25. The molecule has 4 aromatic rings. The lowest BCUT2D eigenvalue weighted by molar-refractivity contribution is 0.0977. The number of rotatable bonds is 4. The minimum absolute atomic E-state index is 0.00853. The molecule has 1 aliphatic carbocycles. The Kier molecular flexibility index (Phi) is 5.19. The van der Waals surface area contributed by atoms with Crippen LogP contribution in [-0.2, 0) is 13.0 Å². The minimum Gasteiger partial charge on any atom is -0.354 e. The van der Waals surface area contributed by atoms with Crippen LogP contribution in [0.1, 0.15) is 28.1 Å². The van der Waals surface area contributed by atoms with Crippen molar-refractivity contribution in [3.05, 3.63) is 63.7 Å². The molecule has 1 saturated heterocycles. The maximum absolute atomic E-state index is 13.2. The van der Waals surface area contributed by atoms with Gasteiger partial charge < -0.3 is 4.90 Å². The van der Waals surface area contributed by atoms with Crippen LogP contribution < -0.4 is 10.5 Å². The van der Waals surface area contributed by atoms with Crippen molar-refractivity contribution in [3.63, 3.8) is 0 Å². The summed E-state index contributed by atoms with van der Waals surface area (Å²) in [6.07, 6.45) is 5.73. The molecule has 0 amide bonds. The van der Waals surface area contributed by atoms with Crippen molar-refractivity contribution >= 4 is 43.9 Å². The molecule has 0 atom stereocenters. The van der Waals surface area contributed by atoms with E-state index in [4.69, 9.17) is 0 Å². The lowest BCUT2D eigenvalue weighted by atomic mass is 9.96. The van der Waals surface area contributed by atoms with Crippen LogP contribution in [0, 0.1) is 0 Å². The van der Waals surface area contributed by atoms with Gasteiger partial charge in [0.1, 0.15) is 10.6 Å². The van der Waals surface area contributed by atoms with Gasteiger partial charge in [0.15, 0.2) is 5.78 Å². The lowest BCUT2D eigenvalue weighted by Gasteiger charge is -2.35. The van der Waals surface area contributed by atoms with Gasteiger partial charge in [0.05, 0.1) is 16.6 Å². The Morgan fingerprint density at radius 1 is 0.939 bits per heavy atom. The summed E-state index contributed by atoms with van der Waals surface area (Å²) >= 11 is 1.38. The van der Waals surface area contributed by atoms with Crippen LogP contribution in [0.25, 0.3) is 21.0 Å². The molecule has 0 saturated carbocycles. The number of pyridine rings is 1. The van der Waals surface area contributed by atoms with Crippen LogP contribution in [-0.4, -0.2) is 57.9 Å². The maximum Gasteiger partial charge on any atom is 0.262 e. The highest BCUT2D eigenvalue weighted by molar-refractivity contribution is 7.20. The number of piperazine rings is 1. The number of fused-ring (bicyclic) bond motifs is 4. The van der Waals surface area contributed by atoms with E-state index in [0.29, 0.717) is 23.2 Å². The van der Waals surface area contributed by atoms with Crippen molar-refractivity contribution in [3.8, 4) is 0 Å². The molecular weight excluding hydrogens is 434 g/mol. The van der Waals surface area contributed by atoms with Crippen LogP contribution in [0.5, 0.6) is 0 Å². The number of carbonyl (C=O) groups is 1. The summed E-state index contributed by atoms with van der Waals surface area (Å²) in [6.45, 7) is 5.08. The predicted octanol–water partition coefficient (Wildman–Crippen LogP) is 3.35. The molecular formula is C25H25N5O2S. The van der Waals surface area contributed by atoms with Crippen LogP contribution in [0.15, 0.2) is 47.7 Å². The predicted molar refractivity (Wildman–Crippen MR) is 132 cm³/mol. The number of aromatic nitrogens is 3. The molecule has 168 valence electrons. The van der Waals surface area contributed by atoms with E-state index in [-0.39, 0.29) is 11.3 Å². The Balaban J connectivity index is 1.15. The van der Waals surface area contributed by atoms with E-state index < -0.39 is 0 Å². The summed E-state index contributed by atoms with van der Waals surface area (Å²) in [5.41, 5.74) is 0.917. The molecule has 7 nitrogen and oxygen atoms in total. The topological polar surface area (TPSA) is 71.3 Å². The molecule has 4 heterocycles. The van der Waals surface area contributed by atoms with Crippen molar-refractivity contribution in [2.45, 2.75) is 25.8 Å². The second-order valence-corrected chi connectivity index (χ2v) is 9.79. The summed E-state index contributed by atoms with van der Waals surface area (Å²) in [5, 5.41) is 3.07. The molecule has 6 rings (SSSR count). The molecule has 33 heavy (non-hydrogen) atoms. The fourth-order valence-electron chi connectivity index (χ4n) is 5.03. The van der Waals surface area contributed by atoms with Crippen LogP contribution in [0.4, 0.5) is 5.82 Å². The van der Waals surface area contributed by atoms with Crippen molar-refractivity contribution < 1.29 is 4.79 Å². The number of anilines is 1. The van der Waals surface area contributed by atoms with Crippen LogP contribution in [0.3, 0.4) is 0 Å². The molecule has 1 fully saturated rings. The van der Waals surface area contributed by atoms with Gasteiger partial charge in [-0.2, -0.15) is 0 Å². The first-order valence-corrected chi connectivity index (χ1v) is 12.4. The van der Waals surface area contributed by atoms with Crippen molar-refractivity contribution in [2.75, 3.05) is 37.6 Å². The Bertz CT molecular complexity index is 1410. The molecule has 8 heteroatoms. The monoisotopic (exact) mass is 459 g/mol. The Morgan fingerprint density at radius 3 is 2.67 bits per heavy atom. The number of carbonyl (C=O) groups excluding carboxylic acids is 1. The third-order valence-electron chi connectivity index (χ3n) is 6.84.